The summed E-state index contributed by atoms with van der Waals surface area (Å²) in [5, 5.41) is 3.00. The minimum atomic E-state index is -0.0912. The molecule has 0 aliphatic carbocycles. The molecule has 0 bridgehead atoms. The SMILES string of the molecule is Cc1ccc(CNC(=O)N2CCC[C@H](n3c(=O)n(C)c4cccnc43)C2)cc1. The van der Waals surface area contributed by atoms with Gasteiger partial charge < -0.3 is 10.2 Å². The zero-order chi connectivity index (χ0) is 19.7. The van der Waals surface area contributed by atoms with Gasteiger partial charge in [-0.1, -0.05) is 29.8 Å². The van der Waals surface area contributed by atoms with Gasteiger partial charge in [-0.15, -0.1) is 0 Å². The van der Waals surface area contributed by atoms with Crippen LogP contribution in [0, 0.1) is 6.92 Å². The van der Waals surface area contributed by atoms with E-state index < -0.39 is 0 Å². The number of carbonyl (C=O) groups excluding carboxylic acids is 1. The number of amides is 2. The number of likely N-dealkylation sites (tertiary alicyclic amines) is 1. The maximum Gasteiger partial charge on any atom is 0.330 e. The molecule has 1 saturated heterocycles. The predicted octanol–water partition coefficient (Wildman–Crippen LogP) is 2.59. The van der Waals surface area contributed by atoms with Crippen molar-refractivity contribution in [3.05, 3.63) is 64.2 Å². The van der Waals surface area contributed by atoms with Crippen LogP contribution in [0.1, 0.15) is 30.0 Å². The van der Waals surface area contributed by atoms with Crippen molar-refractivity contribution in [2.75, 3.05) is 13.1 Å². The molecule has 1 aliphatic heterocycles. The molecule has 0 saturated carbocycles. The highest BCUT2D eigenvalue weighted by atomic mass is 16.2. The standard InChI is InChI=1S/C21H25N5O2/c1-15-7-9-16(10-8-15)13-23-20(27)25-12-4-5-17(14-25)26-19-18(6-3-11-22-19)24(2)21(26)28/h3,6-11,17H,4-5,12-14H2,1-2H3,(H,23,27)/t17-/m0/s1. The molecule has 0 spiro atoms. The summed E-state index contributed by atoms with van der Waals surface area (Å²) in [5.41, 5.74) is 3.68. The molecule has 3 aromatic rings. The van der Waals surface area contributed by atoms with Crippen LogP contribution < -0.4 is 11.0 Å². The molecule has 0 radical (unpaired) electrons. The number of pyridine rings is 1. The molecule has 1 fully saturated rings. The second-order valence-corrected chi connectivity index (χ2v) is 7.44. The van der Waals surface area contributed by atoms with Crippen LogP contribution in [0.15, 0.2) is 47.4 Å². The molecule has 28 heavy (non-hydrogen) atoms. The first-order chi connectivity index (χ1) is 13.5. The van der Waals surface area contributed by atoms with Crippen LogP contribution in [0.2, 0.25) is 0 Å². The molecule has 1 aliphatic rings. The molecule has 1 atom stereocenters. The number of carbonyl (C=O) groups is 1. The maximum atomic E-state index is 12.8. The Kier molecular flexibility index (Phi) is 4.90. The van der Waals surface area contributed by atoms with Gasteiger partial charge in [-0.3, -0.25) is 9.13 Å². The van der Waals surface area contributed by atoms with Crippen molar-refractivity contribution in [3.63, 3.8) is 0 Å². The summed E-state index contributed by atoms with van der Waals surface area (Å²) in [6.07, 6.45) is 3.42. The zero-order valence-corrected chi connectivity index (χ0v) is 16.3. The number of fused-ring (bicyclic) bond motifs is 1. The first-order valence-corrected chi connectivity index (χ1v) is 9.65. The van der Waals surface area contributed by atoms with Gasteiger partial charge in [-0.25, -0.2) is 14.6 Å². The maximum absolute atomic E-state index is 12.8. The topological polar surface area (TPSA) is 72.2 Å². The smallest absolute Gasteiger partial charge is 0.330 e. The third kappa shape index (κ3) is 3.40. The molecule has 2 aromatic heterocycles. The van der Waals surface area contributed by atoms with Crippen molar-refractivity contribution in [2.45, 2.75) is 32.4 Å². The lowest BCUT2D eigenvalue weighted by Crippen LogP contribution is -2.47. The number of aromatic nitrogens is 3. The van der Waals surface area contributed by atoms with Gasteiger partial charge >= 0.3 is 11.7 Å². The second-order valence-electron chi connectivity index (χ2n) is 7.44. The van der Waals surface area contributed by atoms with E-state index in [0.29, 0.717) is 25.3 Å². The molecule has 7 nitrogen and oxygen atoms in total. The minimum Gasteiger partial charge on any atom is -0.334 e. The first kappa shape index (κ1) is 18.3. The Morgan fingerprint density at radius 3 is 2.82 bits per heavy atom. The first-order valence-electron chi connectivity index (χ1n) is 9.65. The van der Waals surface area contributed by atoms with Crippen molar-refractivity contribution in [3.8, 4) is 0 Å². The molecule has 4 rings (SSSR count). The van der Waals surface area contributed by atoms with Gasteiger partial charge in [0.15, 0.2) is 5.65 Å². The fourth-order valence-electron chi connectivity index (χ4n) is 3.87. The number of piperidine rings is 1. The van der Waals surface area contributed by atoms with Gasteiger partial charge in [0, 0.05) is 32.9 Å². The molecule has 1 N–H and O–H groups in total. The molecule has 7 heteroatoms. The molecule has 0 unspecified atom stereocenters. The highest BCUT2D eigenvalue weighted by molar-refractivity contribution is 5.74. The minimum absolute atomic E-state index is 0.0648. The normalized spacial score (nSPS) is 17.1. The number of hydrogen-bond donors (Lipinski definition) is 1. The summed E-state index contributed by atoms with van der Waals surface area (Å²) in [5.74, 6) is 0. The van der Waals surface area contributed by atoms with E-state index in [2.05, 4.69) is 10.3 Å². The number of imidazole rings is 1. The summed E-state index contributed by atoms with van der Waals surface area (Å²) in [7, 11) is 1.76. The number of benzene rings is 1. The van der Waals surface area contributed by atoms with Gasteiger partial charge in [0.05, 0.1) is 11.6 Å². The lowest BCUT2D eigenvalue weighted by atomic mass is 10.1. The van der Waals surface area contributed by atoms with E-state index in [9.17, 15) is 9.59 Å². The Bertz CT molecular complexity index is 1050. The van der Waals surface area contributed by atoms with Crippen molar-refractivity contribution in [1.29, 1.82) is 0 Å². The van der Waals surface area contributed by atoms with E-state index in [0.717, 1.165) is 23.9 Å². The van der Waals surface area contributed by atoms with E-state index in [1.54, 1.807) is 27.3 Å². The fourth-order valence-corrected chi connectivity index (χ4v) is 3.87. The second kappa shape index (κ2) is 7.50. The van der Waals surface area contributed by atoms with E-state index in [-0.39, 0.29) is 17.8 Å². The number of nitrogens with zero attached hydrogens (tertiary/aromatic N) is 4. The Balaban J connectivity index is 1.49. The summed E-state index contributed by atoms with van der Waals surface area (Å²) < 4.78 is 3.37. The highest BCUT2D eigenvalue weighted by Gasteiger charge is 2.28. The molecule has 1 aromatic carbocycles. The lowest BCUT2D eigenvalue weighted by molar-refractivity contribution is 0.166. The van der Waals surface area contributed by atoms with Crippen molar-refractivity contribution >= 4 is 17.2 Å². The summed E-state index contributed by atoms with van der Waals surface area (Å²) in [6, 6.07) is 11.7. The average molecular weight is 379 g/mol. The van der Waals surface area contributed by atoms with Crippen LogP contribution in [0.4, 0.5) is 4.79 Å². The largest absolute Gasteiger partial charge is 0.334 e. The Morgan fingerprint density at radius 1 is 1.25 bits per heavy atom. The number of rotatable bonds is 3. The van der Waals surface area contributed by atoms with Crippen LogP contribution in [0.25, 0.3) is 11.2 Å². The van der Waals surface area contributed by atoms with E-state index in [4.69, 9.17) is 0 Å². The average Bonchev–Trinajstić information content (AvgIpc) is 2.98. The van der Waals surface area contributed by atoms with E-state index in [1.807, 2.05) is 43.3 Å². The van der Waals surface area contributed by atoms with Crippen LogP contribution in [-0.4, -0.2) is 38.1 Å². The summed E-state index contributed by atoms with van der Waals surface area (Å²) in [4.78, 5) is 31.7. The zero-order valence-electron chi connectivity index (χ0n) is 16.3. The quantitative estimate of drug-likeness (QED) is 0.760. The number of hydrogen-bond acceptors (Lipinski definition) is 3. The fraction of sp³-hybridized carbons (Fsp3) is 0.381. The Morgan fingerprint density at radius 2 is 2.04 bits per heavy atom. The van der Waals surface area contributed by atoms with Gasteiger partial charge in [0.25, 0.3) is 0 Å². The third-order valence-electron chi connectivity index (χ3n) is 5.46. The van der Waals surface area contributed by atoms with Gasteiger partial charge in [-0.2, -0.15) is 0 Å². The van der Waals surface area contributed by atoms with Crippen molar-refractivity contribution in [2.24, 2.45) is 7.05 Å². The van der Waals surface area contributed by atoms with Crippen LogP contribution in [0.3, 0.4) is 0 Å². The number of urea groups is 1. The van der Waals surface area contributed by atoms with E-state index >= 15 is 0 Å². The molecule has 2 amide bonds. The number of nitrogens with one attached hydrogen (secondary N) is 1. The van der Waals surface area contributed by atoms with Crippen LogP contribution >= 0.6 is 0 Å². The van der Waals surface area contributed by atoms with Gasteiger partial charge in [0.1, 0.15) is 0 Å². The van der Waals surface area contributed by atoms with Gasteiger partial charge in [-0.05, 0) is 37.5 Å². The van der Waals surface area contributed by atoms with Crippen LogP contribution in [-0.2, 0) is 13.6 Å². The Labute approximate surface area is 163 Å². The Hall–Kier alpha value is -3.09. The van der Waals surface area contributed by atoms with Gasteiger partial charge in [0.2, 0.25) is 0 Å². The lowest BCUT2D eigenvalue weighted by Gasteiger charge is -2.33. The van der Waals surface area contributed by atoms with E-state index in [1.165, 1.54) is 5.56 Å². The summed E-state index contributed by atoms with van der Waals surface area (Å²) >= 11 is 0. The highest BCUT2D eigenvalue weighted by Crippen LogP contribution is 2.23. The molecular formula is C21H25N5O2. The van der Waals surface area contributed by atoms with Crippen LogP contribution in [0.5, 0.6) is 0 Å². The monoisotopic (exact) mass is 379 g/mol. The number of aryl methyl sites for hydroxylation is 2. The van der Waals surface area contributed by atoms with Crippen molar-refractivity contribution in [1.82, 2.24) is 24.3 Å². The van der Waals surface area contributed by atoms with Crippen molar-refractivity contribution < 1.29 is 4.79 Å². The molecule has 146 valence electrons. The molecule has 3 heterocycles. The summed E-state index contributed by atoms with van der Waals surface area (Å²) in [6.45, 7) is 3.74. The molecular weight excluding hydrogens is 354 g/mol. The third-order valence-corrected chi connectivity index (χ3v) is 5.46. The predicted molar refractivity (Wildman–Crippen MR) is 108 cm³/mol.